The summed E-state index contributed by atoms with van der Waals surface area (Å²) in [7, 11) is 3.13. The number of Topliss-reactive ketones (excluding diaryl/α,β-unsaturated/α-hetero) is 1. The van der Waals surface area contributed by atoms with Crippen molar-refractivity contribution in [2.24, 2.45) is 13.0 Å². The van der Waals surface area contributed by atoms with Gasteiger partial charge in [0.15, 0.2) is 24.0 Å². The van der Waals surface area contributed by atoms with Gasteiger partial charge >= 0.3 is 0 Å². The standard InChI is InChI=1S/C23H25ClN6O4/c1-13-6-16(31)11-30(10-13)23-26-9-17(24)21(28-23)27-15-4-5-18-14(7-15)8-19(22(33)29(18)3)34-12-20(32)25-2/h4-5,7-9,13H,6,10-12H2,1-3H3,(H,25,32)(H,26,27,28)/t13-/m0/s1. The Kier molecular flexibility index (Phi) is 6.69. The highest BCUT2D eigenvalue weighted by molar-refractivity contribution is 6.32. The van der Waals surface area contributed by atoms with Gasteiger partial charge in [-0.15, -0.1) is 0 Å². The summed E-state index contributed by atoms with van der Waals surface area (Å²) in [6.07, 6.45) is 2.06. The number of carbonyl (C=O) groups excluding carboxylic acids is 2. The van der Waals surface area contributed by atoms with E-state index >= 15 is 0 Å². The van der Waals surface area contributed by atoms with Crippen molar-refractivity contribution in [3.63, 3.8) is 0 Å². The molecular formula is C23H25ClN6O4. The van der Waals surface area contributed by atoms with E-state index in [0.29, 0.717) is 41.0 Å². The number of anilines is 3. The summed E-state index contributed by atoms with van der Waals surface area (Å²) in [6.45, 7) is 2.73. The molecule has 1 aliphatic rings. The minimum Gasteiger partial charge on any atom is -0.478 e. The number of amides is 1. The topological polar surface area (TPSA) is 118 Å². The monoisotopic (exact) mass is 484 g/mol. The molecule has 1 aliphatic heterocycles. The number of ketones is 1. The van der Waals surface area contributed by atoms with Gasteiger partial charge in [0.25, 0.3) is 11.5 Å². The zero-order chi connectivity index (χ0) is 24.4. The van der Waals surface area contributed by atoms with Crippen molar-refractivity contribution in [2.75, 3.05) is 37.0 Å². The van der Waals surface area contributed by atoms with Crippen LogP contribution >= 0.6 is 11.6 Å². The van der Waals surface area contributed by atoms with E-state index in [2.05, 4.69) is 20.6 Å². The van der Waals surface area contributed by atoms with Gasteiger partial charge in [-0.05, 0) is 30.2 Å². The number of piperidine rings is 1. The van der Waals surface area contributed by atoms with Crippen LogP contribution in [0.15, 0.2) is 35.3 Å². The molecule has 0 spiro atoms. The Morgan fingerprint density at radius 2 is 2.09 bits per heavy atom. The van der Waals surface area contributed by atoms with Gasteiger partial charge in [0.1, 0.15) is 5.02 Å². The van der Waals surface area contributed by atoms with Crippen LogP contribution in [0.4, 0.5) is 17.5 Å². The number of carbonyl (C=O) groups is 2. The number of ether oxygens (including phenoxy) is 1. The quantitative estimate of drug-likeness (QED) is 0.547. The Morgan fingerprint density at radius 3 is 2.82 bits per heavy atom. The molecule has 0 unspecified atom stereocenters. The number of benzene rings is 1. The first-order chi connectivity index (χ1) is 16.2. The molecule has 178 valence electrons. The number of halogens is 1. The van der Waals surface area contributed by atoms with E-state index in [0.717, 1.165) is 5.39 Å². The first-order valence-corrected chi connectivity index (χ1v) is 11.2. The third-order valence-electron chi connectivity index (χ3n) is 5.58. The summed E-state index contributed by atoms with van der Waals surface area (Å²) in [5.74, 6) is 0.946. The minimum atomic E-state index is -0.342. The van der Waals surface area contributed by atoms with Crippen molar-refractivity contribution < 1.29 is 14.3 Å². The fourth-order valence-electron chi connectivity index (χ4n) is 3.91. The second-order valence-corrected chi connectivity index (χ2v) is 8.74. The second-order valence-electron chi connectivity index (χ2n) is 8.33. The Hall–Kier alpha value is -3.66. The summed E-state index contributed by atoms with van der Waals surface area (Å²) in [5.41, 5.74) is 1.03. The van der Waals surface area contributed by atoms with Gasteiger partial charge in [0.2, 0.25) is 5.95 Å². The van der Waals surface area contributed by atoms with Gasteiger partial charge in [-0.2, -0.15) is 4.98 Å². The van der Waals surface area contributed by atoms with Crippen molar-refractivity contribution >= 4 is 51.6 Å². The van der Waals surface area contributed by atoms with E-state index in [-0.39, 0.29) is 42.1 Å². The molecule has 11 heteroatoms. The first kappa shape index (κ1) is 23.5. The summed E-state index contributed by atoms with van der Waals surface area (Å²) in [5, 5.41) is 6.69. The maximum atomic E-state index is 12.6. The fourth-order valence-corrected chi connectivity index (χ4v) is 4.05. The van der Waals surface area contributed by atoms with Crippen LogP contribution in [0.2, 0.25) is 5.02 Å². The molecule has 3 heterocycles. The number of hydrogen-bond donors (Lipinski definition) is 2. The summed E-state index contributed by atoms with van der Waals surface area (Å²) < 4.78 is 6.88. The van der Waals surface area contributed by atoms with Crippen molar-refractivity contribution in [3.05, 3.63) is 45.8 Å². The second kappa shape index (κ2) is 9.68. The molecule has 1 amide bonds. The third-order valence-corrected chi connectivity index (χ3v) is 5.86. The van der Waals surface area contributed by atoms with Crippen molar-refractivity contribution in [2.45, 2.75) is 13.3 Å². The maximum Gasteiger partial charge on any atom is 0.293 e. The molecular weight excluding hydrogens is 460 g/mol. The van der Waals surface area contributed by atoms with Crippen LogP contribution in [0, 0.1) is 5.92 Å². The summed E-state index contributed by atoms with van der Waals surface area (Å²) in [4.78, 5) is 46.8. The third kappa shape index (κ3) is 4.96. The molecule has 0 aliphatic carbocycles. The van der Waals surface area contributed by atoms with Crippen LogP contribution in [-0.2, 0) is 16.6 Å². The highest BCUT2D eigenvalue weighted by Crippen LogP contribution is 2.28. The number of fused-ring (bicyclic) bond motifs is 1. The molecule has 2 N–H and O–H groups in total. The lowest BCUT2D eigenvalue weighted by Gasteiger charge is -2.30. The maximum absolute atomic E-state index is 12.6. The molecule has 0 saturated carbocycles. The van der Waals surface area contributed by atoms with Gasteiger partial charge < -0.3 is 24.8 Å². The van der Waals surface area contributed by atoms with Gasteiger partial charge in [0.05, 0.1) is 18.3 Å². The molecule has 1 fully saturated rings. The Morgan fingerprint density at radius 1 is 1.29 bits per heavy atom. The molecule has 10 nitrogen and oxygen atoms in total. The Bertz CT molecular complexity index is 1320. The van der Waals surface area contributed by atoms with Crippen LogP contribution in [0.5, 0.6) is 5.75 Å². The van der Waals surface area contributed by atoms with E-state index in [9.17, 15) is 14.4 Å². The van der Waals surface area contributed by atoms with Crippen LogP contribution in [0.1, 0.15) is 13.3 Å². The Balaban J connectivity index is 1.63. The molecule has 34 heavy (non-hydrogen) atoms. The lowest BCUT2D eigenvalue weighted by Crippen LogP contribution is -2.40. The number of likely N-dealkylation sites (N-methyl/N-ethyl adjacent to an activating group) is 1. The van der Waals surface area contributed by atoms with Gasteiger partial charge in [-0.1, -0.05) is 18.5 Å². The van der Waals surface area contributed by atoms with E-state index in [1.54, 1.807) is 25.2 Å². The molecule has 1 aromatic carbocycles. The number of nitrogens with one attached hydrogen (secondary N) is 2. The normalized spacial score (nSPS) is 15.9. The van der Waals surface area contributed by atoms with Crippen molar-refractivity contribution in [1.82, 2.24) is 19.9 Å². The fraction of sp³-hybridized carbons (Fsp3) is 0.348. The van der Waals surface area contributed by atoms with E-state index in [1.165, 1.54) is 17.8 Å². The molecule has 0 radical (unpaired) electrons. The van der Waals surface area contributed by atoms with Crippen LogP contribution < -0.4 is 25.8 Å². The SMILES string of the molecule is CNC(=O)COc1cc2cc(Nc3nc(N4CC(=O)C[C@H](C)C4)ncc3Cl)ccc2n(C)c1=O. The molecule has 0 bridgehead atoms. The number of hydrogen-bond acceptors (Lipinski definition) is 8. The molecule has 2 aromatic heterocycles. The largest absolute Gasteiger partial charge is 0.478 e. The lowest BCUT2D eigenvalue weighted by molar-refractivity contribution is -0.122. The molecule has 3 aromatic rings. The molecule has 4 rings (SSSR count). The number of pyridine rings is 1. The number of nitrogens with zero attached hydrogens (tertiary/aromatic N) is 4. The van der Waals surface area contributed by atoms with Gasteiger partial charge in [-0.25, -0.2) is 4.98 Å². The first-order valence-electron chi connectivity index (χ1n) is 10.8. The number of aryl methyl sites for hydroxylation is 1. The predicted molar refractivity (Wildman–Crippen MR) is 130 cm³/mol. The van der Waals surface area contributed by atoms with Crippen molar-refractivity contribution in [3.8, 4) is 5.75 Å². The summed E-state index contributed by atoms with van der Waals surface area (Å²) in [6, 6.07) is 7.02. The van der Waals surface area contributed by atoms with E-state index in [1.807, 2.05) is 17.9 Å². The highest BCUT2D eigenvalue weighted by Gasteiger charge is 2.25. The van der Waals surface area contributed by atoms with E-state index in [4.69, 9.17) is 16.3 Å². The van der Waals surface area contributed by atoms with Crippen LogP contribution in [0.3, 0.4) is 0 Å². The van der Waals surface area contributed by atoms with Crippen molar-refractivity contribution in [1.29, 1.82) is 0 Å². The summed E-state index contributed by atoms with van der Waals surface area (Å²) >= 11 is 6.34. The van der Waals surface area contributed by atoms with Crippen LogP contribution in [-0.4, -0.2) is 53.0 Å². The van der Waals surface area contributed by atoms with E-state index < -0.39 is 0 Å². The minimum absolute atomic E-state index is 0.0713. The number of aromatic nitrogens is 3. The smallest absolute Gasteiger partial charge is 0.293 e. The predicted octanol–water partition coefficient (Wildman–Crippen LogP) is 2.27. The Labute approximate surface area is 200 Å². The zero-order valence-electron chi connectivity index (χ0n) is 19.1. The van der Waals surface area contributed by atoms with Gasteiger partial charge in [0, 0.05) is 38.1 Å². The molecule has 1 saturated heterocycles. The molecule has 1 atom stereocenters. The highest BCUT2D eigenvalue weighted by atomic mass is 35.5. The lowest BCUT2D eigenvalue weighted by atomic mass is 10.00. The average molecular weight is 485 g/mol. The van der Waals surface area contributed by atoms with Crippen LogP contribution in [0.25, 0.3) is 10.9 Å². The van der Waals surface area contributed by atoms with Gasteiger partial charge in [-0.3, -0.25) is 14.4 Å². The zero-order valence-corrected chi connectivity index (χ0v) is 19.8. The average Bonchev–Trinajstić information content (AvgIpc) is 2.81. The number of rotatable bonds is 6.